The third-order valence-corrected chi connectivity index (χ3v) is 4.02. The zero-order valence-corrected chi connectivity index (χ0v) is 11.4. The van der Waals surface area contributed by atoms with Crippen LogP contribution in [-0.4, -0.2) is 72.2 Å². The summed E-state index contributed by atoms with van der Waals surface area (Å²) in [5.74, 6) is 0.509. The molecule has 2 unspecified atom stereocenters. The number of carbonyl (C=O) groups is 1. The maximum Gasteiger partial charge on any atom is 0.228 e. The van der Waals surface area contributed by atoms with E-state index in [2.05, 4.69) is 17.1 Å². The topological polar surface area (TPSA) is 55.8 Å². The molecule has 2 saturated heterocycles. The number of hydrogen-bond donors (Lipinski definition) is 2. The number of carbonyl (C=O) groups excluding carboxylic acids is 1. The summed E-state index contributed by atoms with van der Waals surface area (Å²) in [6, 6.07) is 0.394. The predicted octanol–water partition coefficient (Wildman–Crippen LogP) is -0.491. The minimum absolute atomic E-state index is 0.200. The second-order valence-corrected chi connectivity index (χ2v) is 5.55. The van der Waals surface area contributed by atoms with Crippen molar-refractivity contribution in [1.29, 1.82) is 0 Å². The van der Waals surface area contributed by atoms with Crippen molar-refractivity contribution < 1.29 is 9.90 Å². The van der Waals surface area contributed by atoms with Gasteiger partial charge in [-0.2, -0.15) is 0 Å². The summed E-state index contributed by atoms with van der Waals surface area (Å²) >= 11 is 0. The molecule has 0 aromatic carbocycles. The molecule has 0 radical (unpaired) electrons. The molecule has 104 valence electrons. The van der Waals surface area contributed by atoms with E-state index in [1.54, 1.807) is 0 Å². The van der Waals surface area contributed by atoms with Gasteiger partial charge in [0.05, 0.1) is 12.0 Å². The molecular formula is C13H25N3O2. The Morgan fingerprint density at radius 2 is 2.17 bits per heavy atom. The van der Waals surface area contributed by atoms with Crippen LogP contribution in [0.4, 0.5) is 0 Å². The highest BCUT2D eigenvalue weighted by molar-refractivity contribution is 5.80. The summed E-state index contributed by atoms with van der Waals surface area (Å²) in [7, 11) is 0. The van der Waals surface area contributed by atoms with Gasteiger partial charge < -0.3 is 15.3 Å². The average molecular weight is 255 g/mol. The molecule has 2 aliphatic rings. The Balaban J connectivity index is 1.89. The molecule has 2 aliphatic heterocycles. The van der Waals surface area contributed by atoms with E-state index < -0.39 is 0 Å². The van der Waals surface area contributed by atoms with Crippen LogP contribution in [0, 0.1) is 5.92 Å². The molecule has 0 bridgehead atoms. The molecule has 2 N–H and O–H groups in total. The fraction of sp³-hybridized carbons (Fsp3) is 0.923. The lowest BCUT2D eigenvalue weighted by Crippen LogP contribution is -2.60. The lowest BCUT2D eigenvalue weighted by atomic mass is 10.00. The van der Waals surface area contributed by atoms with Crippen molar-refractivity contribution in [2.45, 2.75) is 32.4 Å². The number of aliphatic hydroxyl groups excluding tert-OH is 1. The van der Waals surface area contributed by atoms with Gasteiger partial charge in [0.15, 0.2) is 0 Å². The maximum absolute atomic E-state index is 12.2. The molecule has 18 heavy (non-hydrogen) atoms. The summed E-state index contributed by atoms with van der Waals surface area (Å²) in [5, 5.41) is 12.6. The van der Waals surface area contributed by atoms with E-state index in [-0.39, 0.29) is 12.0 Å². The van der Waals surface area contributed by atoms with E-state index in [1.807, 2.05) is 11.8 Å². The molecule has 0 aliphatic carbocycles. The lowest BCUT2D eigenvalue weighted by molar-refractivity contribution is -0.140. The van der Waals surface area contributed by atoms with E-state index in [9.17, 15) is 9.90 Å². The average Bonchev–Trinajstić information content (AvgIpc) is 2.26. The van der Waals surface area contributed by atoms with Crippen LogP contribution in [0.5, 0.6) is 0 Å². The number of nitrogens with one attached hydrogen (secondary N) is 1. The summed E-state index contributed by atoms with van der Waals surface area (Å²) < 4.78 is 0. The quantitative estimate of drug-likeness (QED) is 0.712. The number of β-amino-alcohol motifs (C(OH)–C–C–N with tert-alkyl or cyclic N) is 1. The van der Waals surface area contributed by atoms with Gasteiger partial charge in [-0.15, -0.1) is 0 Å². The maximum atomic E-state index is 12.2. The largest absolute Gasteiger partial charge is 0.392 e. The van der Waals surface area contributed by atoms with E-state index in [1.165, 1.54) is 0 Å². The molecule has 0 saturated carbocycles. The van der Waals surface area contributed by atoms with E-state index in [0.29, 0.717) is 18.5 Å². The van der Waals surface area contributed by atoms with Gasteiger partial charge in [0, 0.05) is 45.3 Å². The van der Waals surface area contributed by atoms with E-state index >= 15 is 0 Å². The normalized spacial score (nSPS) is 27.9. The van der Waals surface area contributed by atoms with Crippen molar-refractivity contribution in [3.8, 4) is 0 Å². The lowest BCUT2D eigenvalue weighted by Gasteiger charge is -2.43. The third kappa shape index (κ3) is 3.02. The van der Waals surface area contributed by atoms with Gasteiger partial charge in [0.1, 0.15) is 0 Å². The second kappa shape index (κ2) is 5.99. The van der Waals surface area contributed by atoms with Crippen LogP contribution in [0.2, 0.25) is 0 Å². The Labute approximate surface area is 109 Å². The highest BCUT2D eigenvalue weighted by atomic mass is 16.3. The molecule has 1 amide bonds. The van der Waals surface area contributed by atoms with Crippen LogP contribution in [0.25, 0.3) is 0 Å². The van der Waals surface area contributed by atoms with Crippen molar-refractivity contribution in [2.75, 3.05) is 39.3 Å². The van der Waals surface area contributed by atoms with Crippen molar-refractivity contribution >= 4 is 5.91 Å². The molecule has 5 nitrogen and oxygen atoms in total. The summed E-state index contributed by atoms with van der Waals surface area (Å²) in [5.41, 5.74) is 0. The zero-order chi connectivity index (χ0) is 13.1. The number of piperazine rings is 1. The standard InChI is InChI=1S/C13H25N3O2/c1-3-12-9-16(13(18)11-6-14-7-11)5-4-15(12)8-10(2)17/h10-12,14,17H,3-9H2,1-2H3. The Bertz CT molecular complexity index is 292. The fourth-order valence-electron chi connectivity index (χ4n) is 2.78. The second-order valence-electron chi connectivity index (χ2n) is 5.55. The molecule has 2 atom stereocenters. The van der Waals surface area contributed by atoms with Crippen LogP contribution in [0.15, 0.2) is 0 Å². The van der Waals surface area contributed by atoms with Crippen molar-refractivity contribution in [3.05, 3.63) is 0 Å². The molecule has 2 rings (SSSR count). The minimum Gasteiger partial charge on any atom is -0.392 e. The monoisotopic (exact) mass is 255 g/mol. The zero-order valence-electron chi connectivity index (χ0n) is 11.4. The first-order chi connectivity index (χ1) is 8.61. The number of aliphatic hydroxyl groups is 1. The van der Waals surface area contributed by atoms with Gasteiger partial charge in [0.25, 0.3) is 0 Å². The van der Waals surface area contributed by atoms with Crippen LogP contribution in [0.1, 0.15) is 20.3 Å². The Morgan fingerprint density at radius 1 is 1.44 bits per heavy atom. The highest BCUT2D eigenvalue weighted by Gasteiger charge is 2.34. The van der Waals surface area contributed by atoms with Crippen LogP contribution >= 0.6 is 0 Å². The van der Waals surface area contributed by atoms with E-state index in [0.717, 1.165) is 39.1 Å². The van der Waals surface area contributed by atoms with Crippen LogP contribution in [-0.2, 0) is 4.79 Å². The first-order valence-corrected chi connectivity index (χ1v) is 7.03. The van der Waals surface area contributed by atoms with Crippen LogP contribution in [0.3, 0.4) is 0 Å². The molecule has 5 heteroatoms. The van der Waals surface area contributed by atoms with Gasteiger partial charge in [-0.05, 0) is 13.3 Å². The molecule has 2 heterocycles. The van der Waals surface area contributed by atoms with Gasteiger partial charge in [-0.25, -0.2) is 0 Å². The molecule has 0 aromatic heterocycles. The van der Waals surface area contributed by atoms with Gasteiger partial charge >= 0.3 is 0 Å². The van der Waals surface area contributed by atoms with Gasteiger partial charge in [0.2, 0.25) is 5.91 Å². The SMILES string of the molecule is CCC1CN(C(=O)C2CNC2)CCN1CC(C)O. The number of nitrogens with zero attached hydrogens (tertiary/aromatic N) is 2. The molecule has 2 fully saturated rings. The highest BCUT2D eigenvalue weighted by Crippen LogP contribution is 2.17. The van der Waals surface area contributed by atoms with Gasteiger partial charge in [-0.3, -0.25) is 9.69 Å². The third-order valence-electron chi connectivity index (χ3n) is 4.02. The van der Waals surface area contributed by atoms with Crippen molar-refractivity contribution in [2.24, 2.45) is 5.92 Å². The van der Waals surface area contributed by atoms with Gasteiger partial charge in [-0.1, -0.05) is 6.92 Å². The van der Waals surface area contributed by atoms with Crippen molar-refractivity contribution in [1.82, 2.24) is 15.1 Å². The Kier molecular flexibility index (Phi) is 4.59. The Morgan fingerprint density at radius 3 is 2.67 bits per heavy atom. The fourth-order valence-corrected chi connectivity index (χ4v) is 2.78. The smallest absolute Gasteiger partial charge is 0.228 e. The Hall–Kier alpha value is -0.650. The first kappa shape index (κ1) is 13.8. The predicted molar refractivity (Wildman–Crippen MR) is 70.3 cm³/mol. The minimum atomic E-state index is -0.294. The molecule has 0 aromatic rings. The number of amides is 1. The van der Waals surface area contributed by atoms with Crippen LogP contribution < -0.4 is 5.32 Å². The summed E-state index contributed by atoms with van der Waals surface area (Å²) in [6.07, 6.45) is 0.733. The molecular weight excluding hydrogens is 230 g/mol. The van der Waals surface area contributed by atoms with Crippen molar-refractivity contribution in [3.63, 3.8) is 0 Å². The summed E-state index contributed by atoms with van der Waals surface area (Å²) in [4.78, 5) is 16.5. The van der Waals surface area contributed by atoms with E-state index in [4.69, 9.17) is 0 Å². The molecule has 0 spiro atoms. The summed E-state index contributed by atoms with van der Waals surface area (Å²) in [6.45, 7) is 8.87. The number of hydrogen-bond acceptors (Lipinski definition) is 4. The first-order valence-electron chi connectivity index (χ1n) is 7.03. The number of rotatable bonds is 4.